The molecule has 0 fully saturated rings. The van der Waals surface area contributed by atoms with Crippen molar-refractivity contribution in [1.82, 2.24) is 0 Å². The van der Waals surface area contributed by atoms with Gasteiger partial charge in [0.05, 0.1) is 22.5 Å². The molecule has 7 aromatic rings. The normalized spacial score (nSPS) is 16.8. The van der Waals surface area contributed by atoms with Crippen LogP contribution in [0.2, 0.25) is 0 Å². The quantitative estimate of drug-likeness (QED) is 0.151. The van der Waals surface area contributed by atoms with Crippen LogP contribution in [0.25, 0.3) is 27.5 Å². The molecular formula is C64H57N. The van der Waals surface area contributed by atoms with Gasteiger partial charge in [0.25, 0.3) is 0 Å². The number of rotatable bonds is 6. The van der Waals surface area contributed by atoms with Gasteiger partial charge in [-0.2, -0.15) is 0 Å². The summed E-state index contributed by atoms with van der Waals surface area (Å²) in [7, 11) is 0. The van der Waals surface area contributed by atoms with Crippen LogP contribution in [-0.4, -0.2) is 0 Å². The first-order valence-corrected chi connectivity index (χ1v) is 23.5. The Kier molecular flexibility index (Phi) is 9.33. The van der Waals surface area contributed by atoms with Gasteiger partial charge in [0.15, 0.2) is 0 Å². The standard InChI is InChI=1S/C64H57N/c1-61(2,3)45-39-55(62(4,5)6)60-56(40-45)63(7,8)53-34-22-32-51(59(53)60)50-31-18-20-35-58(50)65(57-36-21-24-42-23-15-16-29-47(42)57)46-37-38-49-48-30-17-19-33-52(48)64(54(49)41-46,43-25-11-9-12-26-43)44-27-13-10-14-28-44/h9-21,23-31,33-36,39-41H,22,32H2,1-8H3. The molecule has 0 spiro atoms. The van der Waals surface area contributed by atoms with Gasteiger partial charge >= 0.3 is 0 Å². The van der Waals surface area contributed by atoms with Gasteiger partial charge in [-0.15, -0.1) is 0 Å². The number of hydrogen-bond acceptors (Lipinski definition) is 1. The molecule has 0 radical (unpaired) electrons. The van der Waals surface area contributed by atoms with Gasteiger partial charge in [-0.25, -0.2) is 0 Å². The molecule has 318 valence electrons. The second-order valence-electron chi connectivity index (χ2n) is 21.0. The van der Waals surface area contributed by atoms with Crippen molar-refractivity contribution in [2.24, 2.45) is 0 Å². The summed E-state index contributed by atoms with van der Waals surface area (Å²) in [5, 5.41) is 2.40. The van der Waals surface area contributed by atoms with Crippen molar-refractivity contribution < 1.29 is 0 Å². The zero-order valence-corrected chi connectivity index (χ0v) is 39.1. The maximum absolute atomic E-state index is 3.85. The molecule has 0 saturated heterocycles. The largest absolute Gasteiger partial charge is 0.302 e. The molecule has 11 rings (SSSR count). The second kappa shape index (κ2) is 14.8. The molecule has 0 bridgehead atoms. The number of hydrogen-bond donors (Lipinski definition) is 0. The number of fused-ring (bicyclic) bond motifs is 7. The summed E-state index contributed by atoms with van der Waals surface area (Å²) in [6.07, 6.45) is 6.95. The molecular weight excluding hydrogens is 783 g/mol. The highest BCUT2D eigenvalue weighted by molar-refractivity contribution is 6.09. The van der Waals surface area contributed by atoms with E-state index in [1.54, 1.807) is 0 Å². The summed E-state index contributed by atoms with van der Waals surface area (Å²) in [5.74, 6) is 0. The third kappa shape index (κ3) is 6.21. The van der Waals surface area contributed by atoms with E-state index in [9.17, 15) is 0 Å². The van der Waals surface area contributed by atoms with E-state index in [0.29, 0.717) is 0 Å². The lowest BCUT2D eigenvalue weighted by atomic mass is 9.67. The number of benzene rings is 7. The average Bonchev–Trinajstić information content (AvgIpc) is 3.74. The average molecular weight is 840 g/mol. The first-order chi connectivity index (χ1) is 31.3. The van der Waals surface area contributed by atoms with Gasteiger partial charge in [0.2, 0.25) is 0 Å². The van der Waals surface area contributed by atoms with Crippen LogP contribution in [0.3, 0.4) is 0 Å². The Morgan fingerprint density at radius 2 is 1.17 bits per heavy atom. The third-order valence-corrected chi connectivity index (χ3v) is 14.7. The van der Waals surface area contributed by atoms with Crippen LogP contribution in [0.1, 0.15) is 118 Å². The van der Waals surface area contributed by atoms with Crippen molar-refractivity contribution in [2.45, 2.75) is 89.9 Å². The van der Waals surface area contributed by atoms with Gasteiger partial charge in [0.1, 0.15) is 0 Å². The van der Waals surface area contributed by atoms with E-state index in [2.05, 4.69) is 248 Å². The van der Waals surface area contributed by atoms with Crippen LogP contribution in [0.15, 0.2) is 204 Å². The molecule has 0 aliphatic heterocycles. The fourth-order valence-electron chi connectivity index (χ4n) is 11.6. The Labute approximate surface area is 386 Å². The van der Waals surface area contributed by atoms with E-state index in [-0.39, 0.29) is 16.2 Å². The van der Waals surface area contributed by atoms with Gasteiger partial charge in [-0.1, -0.05) is 219 Å². The fraction of sp³-hybridized carbons (Fsp3) is 0.219. The maximum atomic E-state index is 3.85. The van der Waals surface area contributed by atoms with E-state index >= 15 is 0 Å². The van der Waals surface area contributed by atoms with Crippen LogP contribution >= 0.6 is 0 Å². The molecule has 0 saturated carbocycles. The SMILES string of the molecule is CC(C)(C)c1cc(C(C)(C)C)c2c(c1)C(C)(C)C1=CCCC(c3ccccc3N(C3=C=C=C4C(=C3)C(c3ccccc3)(c3ccccc3)c3ccccc34)c3cccc4ccccc34)=C12. The van der Waals surface area contributed by atoms with Crippen LogP contribution in [0.4, 0.5) is 11.4 Å². The molecule has 0 aromatic heterocycles. The molecule has 0 amide bonds. The summed E-state index contributed by atoms with van der Waals surface area (Å²) >= 11 is 0. The zero-order chi connectivity index (χ0) is 44.9. The highest BCUT2D eigenvalue weighted by atomic mass is 15.2. The molecule has 0 heterocycles. The maximum Gasteiger partial charge on any atom is 0.0977 e. The first kappa shape index (κ1) is 40.9. The Balaban J connectivity index is 1.22. The molecule has 1 nitrogen and oxygen atoms in total. The number of allylic oxidation sites excluding steroid dienone is 7. The van der Waals surface area contributed by atoms with Crippen LogP contribution in [0.5, 0.6) is 0 Å². The lowest BCUT2D eigenvalue weighted by Gasteiger charge is -2.36. The van der Waals surface area contributed by atoms with Crippen molar-refractivity contribution in [3.05, 3.63) is 254 Å². The summed E-state index contributed by atoms with van der Waals surface area (Å²) in [5.41, 5.74) is 28.8. The smallest absolute Gasteiger partial charge is 0.0977 e. The van der Waals surface area contributed by atoms with Crippen molar-refractivity contribution in [2.75, 3.05) is 4.90 Å². The number of para-hydroxylation sites is 1. The van der Waals surface area contributed by atoms with Crippen molar-refractivity contribution in [3.8, 4) is 0 Å². The van der Waals surface area contributed by atoms with E-state index in [1.807, 2.05) is 0 Å². The lowest BCUT2D eigenvalue weighted by Crippen LogP contribution is -2.29. The van der Waals surface area contributed by atoms with Crippen LogP contribution in [-0.2, 0) is 21.7 Å². The highest BCUT2D eigenvalue weighted by Crippen LogP contribution is 2.60. The molecule has 7 aromatic carbocycles. The Hall–Kier alpha value is -6.88. The van der Waals surface area contributed by atoms with E-state index in [0.717, 1.165) is 35.5 Å². The molecule has 65 heavy (non-hydrogen) atoms. The summed E-state index contributed by atoms with van der Waals surface area (Å²) in [4.78, 5) is 2.50. The van der Waals surface area contributed by atoms with Crippen molar-refractivity contribution in [3.63, 3.8) is 0 Å². The van der Waals surface area contributed by atoms with Crippen molar-refractivity contribution >= 4 is 38.9 Å². The molecule has 1 heteroatoms. The van der Waals surface area contributed by atoms with Crippen LogP contribution < -0.4 is 4.90 Å². The van der Waals surface area contributed by atoms with Gasteiger partial charge < -0.3 is 4.90 Å². The van der Waals surface area contributed by atoms with Crippen molar-refractivity contribution in [1.29, 1.82) is 0 Å². The Bertz CT molecular complexity index is 3260. The molecule has 4 aliphatic rings. The molecule has 0 unspecified atom stereocenters. The molecule has 0 N–H and O–H groups in total. The molecule has 4 aliphatic carbocycles. The number of nitrogens with zero attached hydrogens (tertiary/aromatic N) is 1. The van der Waals surface area contributed by atoms with Gasteiger partial charge in [0, 0.05) is 21.9 Å². The Morgan fingerprint density at radius 1 is 0.554 bits per heavy atom. The summed E-state index contributed by atoms with van der Waals surface area (Å²) in [6.45, 7) is 19.2. The van der Waals surface area contributed by atoms with Gasteiger partial charge in [-0.05, 0) is 120 Å². The zero-order valence-electron chi connectivity index (χ0n) is 39.1. The summed E-state index contributed by atoms with van der Waals surface area (Å²) in [6, 6.07) is 60.9. The summed E-state index contributed by atoms with van der Waals surface area (Å²) < 4.78 is 0. The predicted octanol–water partition coefficient (Wildman–Crippen LogP) is 16.5. The van der Waals surface area contributed by atoms with E-state index in [4.69, 9.17) is 0 Å². The minimum absolute atomic E-state index is 0.0272. The fourth-order valence-corrected chi connectivity index (χ4v) is 11.6. The minimum atomic E-state index is -0.569. The Morgan fingerprint density at radius 3 is 1.88 bits per heavy atom. The van der Waals surface area contributed by atoms with E-state index in [1.165, 1.54) is 83.1 Å². The second-order valence-corrected chi connectivity index (χ2v) is 21.0. The lowest BCUT2D eigenvalue weighted by molar-refractivity contribution is 0.561. The van der Waals surface area contributed by atoms with Gasteiger partial charge in [-0.3, -0.25) is 0 Å². The monoisotopic (exact) mass is 839 g/mol. The predicted molar refractivity (Wildman–Crippen MR) is 275 cm³/mol. The highest BCUT2D eigenvalue weighted by Gasteiger charge is 2.49. The topological polar surface area (TPSA) is 3.24 Å². The first-order valence-electron chi connectivity index (χ1n) is 23.5. The van der Waals surface area contributed by atoms with E-state index < -0.39 is 5.41 Å². The third-order valence-electron chi connectivity index (χ3n) is 14.7. The molecule has 0 atom stereocenters. The van der Waals surface area contributed by atoms with Crippen LogP contribution in [0, 0.1) is 0 Å². The number of anilines is 2. The minimum Gasteiger partial charge on any atom is -0.302 e.